The second-order valence-corrected chi connectivity index (χ2v) is 31.1. The van der Waals surface area contributed by atoms with E-state index in [1.54, 1.807) is 0 Å². The fraction of sp³-hybridized carbons (Fsp3) is 0.531. The molecule has 5 atom stereocenters. The Hall–Kier alpha value is -0.985. The molecular weight excluding hydrogens is 546 g/mol. The Morgan fingerprint density at radius 3 is 1.79 bits per heavy atom. The largest absolute Gasteiger partial charge is 0.0149 e. The van der Waals surface area contributed by atoms with Crippen LogP contribution in [0.2, 0.25) is 54.0 Å². The van der Waals surface area contributed by atoms with Crippen molar-refractivity contribution in [1.82, 2.24) is 3.80 Å². The third kappa shape index (κ3) is 7.81. The summed E-state index contributed by atoms with van der Waals surface area (Å²) in [6.07, 6.45) is 14.9. The van der Waals surface area contributed by atoms with E-state index in [-0.39, 0.29) is 16.9 Å². The third-order valence-electron chi connectivity index (χ3n) is 8.95. The molecule has 0 spiro atoms. The number of amides is 1. The van der Waals surface area contributed by atoms with Crippen molar-refractivity contribution in [3.05, 3.63) is 83.7 Å². The molecule has 3 aliphatic carbocycles. The van der Waals surface area contributed by atoms with E-state index in [0.717, 1.165) is 17.4 Å². The van der Waals surface area contributed by atoms with E-state index in [0.29, 0.717) is 16.1 Å². The average Bonchev–Trinajstić information content (AvgIpc) is 3.18. The van der Waals surface area contributed by atoms with Crippen LogP contribution < -0.4 is 3.80 Å². The number of hydrogen-bond acceptors (Lipinski definition) is 1. The first-order valence-electron chi connectivity index (χ1n) is 14.3. The second-order valence-electron chi connectivity index (χ2n) is 14.1. The molecule has 5 unspecified atom stereocenters. The van der Waals surface area contributed by atoms with Crippen molar-refractivity contribution in [2.45, 2.75) is 79.6 Å². The number of hydrogen-bond donors (Lipinski definition) is 1. The number of allylic oxidation sites excluding steroid dienone is 6. The zero-order valence-corrected chi connectivity index (χ0v) is 28.3. The molecule has 1 aromatic rings. The molecule has 210 valence electrons. The number of fused-ring (bicyclic) bond motifs is 3. The smallest absolute Gasteiger partial charge is 0.0149 e. The van der Waals surface area contributed by atoms with Crippen LogP contribution >= 0.6 is 0 Å². The van der Waals surface area contributed by atoms with Gasteiger partial charge in [0.2, 0.25) is 0 Å². The van der Waals surface area contributed by atoms with Gasteiger partial charge < -0.3 is 0 Å². The van der Waals surface area contributed by atoms with Gasteiger partial charge >= 0.3 is 156 Å². The van der Waals surface area contributed by atoms with Crippen LogP contribution in [0.5, 0.6) is 0 Å². The standard InChI is InChI=1S/C13H17.C10H22Si2.C7H7NO.2CH3.H4Si.Ti/c1-3-7-12-10(5-1)9-11-6-2-4-8-13(11)12;1-9(11(3,4)5)10(2)12(6,7)8;8-7(9)6-4-2-1-3-5-6;;;;/h1,3,5,7,9-13H,2,4,6,8H2;1-2H2,3-8H3;1-5H,(H2,8,9);2*1H3;1H4;/q;;;;;;+1/p-1. The first-order chi connectivity index (χ1) is 17.1. The van der Waals surface area contributed by atoms with Gasteiger partial charge in [0.15, 0.2) is 0 Å². The summed E-state index contributed by atoms with van der Waals surface area (Å²) in [5.74, 6) is 3.13. The van der Waals surface area contributed by atoms with E-state index in [2.05, 4.69) is 91.0 Å². The van der Waals surface area contributed by atoms with Crippen LogP contribution in [0, 0.1) is 23.7 Å². The number of rotatable bonds is 6. The second kappa shape index (κ2) is 13.1. The molecule has 2 fully saturated rings. The van der Waals surface area contributed by atoms with Gasteiger partial charge in [0.1, 0.15) is 0 Å². The van der Waals surface area contributed by atoms with Crippen LogP contribution in [0.4, 0.5) is 0 Å². The molecule has 0 saturated heterocycles. The van der Waals surface area contributed by atoms with Gasteiger partial charge in [0.05, 0.1) is 16.1 Å². The fourth-order valence-corrected chi connectivity index (χ4v) is 16.6. The topological polar surface area (TPSA) is 29.1 Å². The molecule has 0 radical (unpaired) electrons. The van der Waals surface area contributed by atoms with Crippen LogP contribution in [0.1, 0.15) is 36.0 Å². The maximum atomic E-state index is 12.8. The van der Waals surface area contributed by atoms with E-state index >= 15 is 0 Å². The molecule has 2 saturated carbocycles. The van der Waals surface area contributed by atoms with Crippen molar-refractivity contribution in [1.29, 1.82) is 0 Å². The van der Waals surface area contributed by atoms with Gasteiger partial charge in [0, 0.05) is 0 Å². The zero-order valence-electron chi connectivity index (χ0n) is 24.7. The zero-order chi connectivity index (χ0) is 27.6. The fourth-order valence-electron chi connectivity index (χ4n) is 6.79. The number of nitrogens with one attached hydrogen (secondary N) is 1. The molecule has 0 bridgehead atoms. The molecule has 1 amide bonds. The summed E-state index contributed by atoms with van der Waals surface area (Å²) in [5.41, 5.74) is 0.801. The van der Waals surface area contributed by atoms with Gasteiger partial charge in [0.25, 0.3) is 0 Å². The van der Waals surface area contributed by atoms with E-state index in [9.17, 15) is 4.79 Å². The number of carbonyl (C=O) groups excluding carboxylic acids is 1. The molecule has 0 aromatic heterocycles. The van der Waals surface area contributed by atoms with Crippen molar-refractivity contribution in [3.8, 4) is 0 Å². The summed E-state index contributed by atoms with van der Waals surface area (Å²) in [6, 6.07) is 9.73. The van der Waals surface area contributed by atoms with Crippen molar-refractivity contribution < 1.29 is 21.6 Å². The predicted molar refractivity (Wildman–Crippen MR) is 176 cm³/mol. The molecule has 6 heteroatoms. The van der Waals surface area contributed by atoms with Crippen molar-refractivity contribution >= 4 is 33.0 Å². The molecule has 3 aliphatic rings. The third-order valence-corrected chi connectivity index (χ3v) is 18.7. The molecule has 1 aromatic carbocycles. The average molecular weight is 602 g/mol. The molecule has 0 aliphatic heterocycles. The summed E-state index contributed by atoms with van der Waals surface area (Å²) >= 11 is -2.52. The van der Waals surface area contributed by atoms with Crippen LogP contribution in [0.25, 0.3) is 0 Å². The Labute approximate surface area is 244 Å². The predicted octanol–water partition coefficient (Wildman–Crippen LogP) is 7.95. The summed E-state index contributed by atoms with van der Waals surface area (Å²) < 4.78 is 4.27. The van der Waals surface area contributed by atoms with Gasteiger partial charge in [-0.3, -0.25) is 0 Å². The Bertz CT molecular complexity index is 1020. The van der Waals surface area contributed by atoms with Crippen molar-refractivity contribution in [2.75, 3.05) is 0 Å². The van der Waals surface area contributed by atoms with E-state index < -0.39 is 33.0 Å². The van der Waals surface area contributed by atoms with Crippen LogP contribution in [-0.4, -0.2) is 33.0 Å². The summed E-state index contributed by atoms with van der Waals surface area (Å²) in [5, 5.41) is 7.57. The number of benzene rings is 1. The van der Waals surface area contributed by atoms with Crippen LogP contribution in [0.3, 0.4) is 0 Å². The number of carbonyl (C=O) groups is 1. The van der Waals surface area contributed by atoms with Crippen LogP contribution in [-0.2, 0) is 16.8 Å². The van der Waals surface area contributed by atoms with Gasteiger partial charge in [-0.1, -0.05) is 62.8 Å². The van der Waals surface area contributed by atoms with E-state index in [4.69, 9.17) is 0 Å². The normalized spacial score (nSPS) is 26.2. The Morgan fingerprint density at radius 1 is 0.816 bits per heavy atom. The van der Waals surface area contributed by atoms with Crippen molar-refractivity contribution in [2.24, 2.45) is 23.7 Å². The van der Waals surface area contributed by atoms with Crippen molar-refractivity contribution in [3.63, 3.8) is 0 Å². The minimum atomic E-state index is -2.52. The Kier molecular flexibility index (Phi) is 11.5. The minimum absolute atomic E-state index is 0. The molecule has 4 rings (SSSR count). The maximum Gasteiger partial charge on any atom is -0.0149 e. The Morgan fingerprint density at radius 2 is 1.29 bits per heavy atom. The summed E-state index contributed by atoms with van der Waals surface area (Å²) in [7, 11) is -2.39. The monoisotopic (exact) mass is 601 g/mol. The summed E-state index contributed by atoms with van der Waals surface area (Å²) in [6.45, 7) is 22.4. The first-order valence-corrected chi connectivity index (χ1v) is 26.1. The minimum Gasteiger partial charge on any atom is -0.0149 e. The molecule has 1 N–H and O–H groups in total. The summed E-state index contributed by atoms with van der Waals surface area (Å²) in [4.78, 5) is 12.8. The molecule has 2 nitrogen and oxygen atoms in total. The van der Waals surface area contributed by atoms with Crippen LogP contribution in [0.15, 0.2) is 78.2 Å². The molecular formula is C32H55NOSi3Ti. The van der Waals surface area contributed by atoms with Gasteiger partial charge in [-0.25, -0.2) is 0 Å². The SMILES string of the molecule is C=C(C(=C)[Si](C)(C)C)[Si](C)(C)C.[CH3][Ti]([CH3])([NH]C(=O)c1ccccc1)[CH]1C2C=CC=CC2C2CCCCC21.[SiH4]. The van der Waals surface area contributed by atoms with Gasteiger partial charge in [-0.05, 0) is 11.0 Å². The van der Waals surface area contributed by atoms with Gasteiger partial charge in [-0.15, -0.1) is 0 Å². The first kappa shape index (κ1) is 33.2. The quantitative estimate of drug-likeness (QED) is 0.260. The molecule has 0 heterocycles. The maximum absolute atomic E-state index is 12.8. The van der Waals surface area contributed by atoms with E-state index in [1.807, 2.05) is 30.3 Å². The van der Waals surface area contributed by atoms with E-state index in [1.165, 1.54) is 36.1 Å². The molecule has 38 heavy (non-hydrogen) atoms. The van der Waals surface area contributed by atoms with Gasteiger partial charge in [-0.2, -0.15) is 0 Å². The Balaban J connectivity index is 0.000000335.